The molecule has 3 N–H and O–H groups in total. The second-order valence-electron chi connectivity index (χ2n) is 1.45. The fourth-order valence-electron chi connectivity index (χ4n) is 0.235. The van der Waals surface area contributed by atoms with E-state index >= 15 is 0 Å². The third-order valence-electron chi connectivity index (χ3n) is 0.549. The number of aliphatic carboxylic acids is 1. The normalized spacial score (nSPS) is 13.2. The lowest BCUT2D eigenvalue weighted by atomic mass is 10.6. The van der Waals surface area contributed by atoms with Gasteiger partial charge in [0.1, 0.15) is 6.23 Å². The topological polar surface area (TPSA) is 69.6 Å². The molecule has 4 nitrogen and oxygen atoms in total. The summed E-state index contributed by atoms with van der Waals surface area (Å²) in [5.74, 6) is -0.967. The van der Waals surface area contributed by atoms with Gasteiger partial charge in [-0.3, -0.25) is 10.1 Å². The van der Waals surface area contributed by atoms with E-state index in [0.717, 1.165) is 0 Å². The van der Waals surface area contributed by atoms with E-state index in [1.165, 1.54) is 6.92 Å². The van der Waals surface area contributed by atoms with E-state index in [9.17, 15) is 4.79 Å². The van der Waals surface area contributed by atoms with E-state index in [-0.39, 0.29) is 6.54 Å². The summed E-state index contributed by atoms with van der Waals surface area (Å²) in [5.41, 5.74) is 0. The molecule has 0 spiro atoms. The Hall–Kier alpha value is -0.610. The Morgan fingerprint density at radius 2 is 2.38 bits per heavy atom. The molecule has 0 aliphatic carbocycles. The van der Waals surface area contributed by atoms with Crippen LogP contribution in [-0.2, 0) is 4.79 Å². The quantitative estimate of drug-likeness (QED) is 0.417. The molecule has 0 aromatic heterocycles. The van der Waals surface area contributed by atoms with Crippen LogP contribution >= 0.6 is 0 Å². The first-order chi connectivity index (χ1) is 3.63. The molecular weight excluding hydrogens is 110 g/mol. The molecule has 0 amide bonds. The zero-order chi connectivity index (χ0) is 6.57. The van der Waals surface area contributed by atoms with Crippen molar-refractivity contribution in [2.45, 2.75) is 13.2 Å². The highest BCUT2D eigenvalue weighted by atomic mass is 16.4. The number of aliphatic hydroxyl groups excluding tert-OH is 1. The molecule has 0 aliphatic rings. The molecule has 0 radical (unpaired) electrons. The van der Waals surface area contributed by atoms with Crippen LogP contribution in [-0.4, -0.2) is 29.0 Å². The maximum atomic E-state index is 9.73. The van der Waals surface area contributed by atoms with Gasteiger partial charge in [-0.05, 0) is 6.92 Å². The molecule has 1 atom stereocenters. The first-order valence-corrected chi connectivity index (χ1v) is 2.26. The van der Waals surface area contributed by atoms with Gasteiger partial charge in [0.05, 0.1) is 6.54 Å². The zero-order valence-corrected chi connectivity index (χ0v) is 4.59. The highest BCUT2D eigenvalue weighted by Gasteiger charge is 1.96. The Bertz CT molecular complexity index is 81.4. The van der Waals surface area contributed by atoms with Crippen molar-refractivity contribution in [2.75, 3.05) is 6.54 Å². The van der Waals surface area contributed by atoms with E-state index in [4.69, 9.17) is 10.2 Å². The summed E-state index contributed by atoms with van der Waals surface area (Å²) in [6.07, 6.45) is -0.744. The van der Waals surface area contributed by atoms with Crippen LogP contribution in [0.3, 0.4) is 0 Å². The lowest BCUT2D eigenvalue weighted by molar-refractivity contribution is -0.136. The van der Waals surface area contributed by atoms with Crippen molar-refractivity contribution in [3.05, 3.63) is 0 Å². The largest absolute Gasteiger partial charge is 0.480 e. The second kappa shape index (κ2) is 3.40. The third-order valence-corrected chi connectivity index (χ3v) is 0.549. The molecule has 1 unspecified atom stereocenters. The number of hydrogen-bond donors (Lipinski definition) is 3. The number of rotatable bonds is 3. The maximum Gasteiger partial charge on any atom is 0.317 e. The Morgan fingerprint density at radius 1 is 1.88 bits per heavy atom. The van der Waals surface area contributed by atoms with E-state index in [2.05, 4.69) is 5.32 Å². The summed E-state index contributed by atoms with van der Waals surface area (Å²) in [7, 11) is 0. The monoisotopic (exact) mass is 119 g/mol. The van der Waals surface area contributed by atoms with Crippen LogP contribution in [0.2, 0.25) is 0 Å². The van der Waals surface area contributed by atoms with E-state index in [1.54, 1.807) is 0 Å². The summed E-state index contributed by atoms with van der Waals surface area (Å²) in [4.78, 5) is 9.73. The highest BCUT2D eigenvalue weighted by Crippen LogP contribution is 1.68. The molecule has 0 rings (SSSR count). The lowest BCUT2D eigenvalue weighted by Crippen LogP contribution is -2.30. The highest BCUT2D eigenvalue weighted by molar-refractivity contribution is 5.68. The van der Waals surface area contributed by atoms with Gasteiger partial charge in [-0.15, -0.1) is 0 Å². The molecule has 48 valence electrons. The van der Waals surface area contributed by atoms with Crippen LogP contribution in [0.5, 0.6) is 0 Å². The van der Waals surface area contributed by atoms with E-state index in [0.29, 0.717) is 0 Å². The fraction of sp³-hybridized carbons (Fsp3) is 0.750. The molecule has 0 heterocycles. The van der Waals surface area contributed by atoms with Crippen molar-refractivity contribution in [3.8, 4) is 0 Å². The maximum absolute atomic E-state index is 9.73. The Labute approximate surface area is 47.1 Å². The van der Waals surface area contributed by atoms with Gasteiger partial charge in [-0.2, -0.15) is 0 Å². The van der Waals surface area contributed by atoms with Crippen LogP contribution in [0, 0.1) is 0 Å². The van der Waals surface area contributed by atoms with Gasteiger partial charge in [0.25, 0.3) is 0 Å². The minimum absolute atomic E-state index is 0.197. The summed E-state index contributed by atoms with van der Waals surface area (Å²) in [6, 6.07) is 0. The van der Waals surface area contributed by atoms with Crippen molar-refractivity contribution in [1.82, 2.24) is 5.32 Å². The van der Waals surface area contributed by atoms with Crippen LogP contribution < -0.4 is 5.32 Å². The van der Waals surface area contributed by atoms with Crippen LogP contribution in [0.4, 0.5) is 0 Å². The average molecular weight is 119 g/mol. The predicted octanol–water partition coefficient (Wildman–Crippen LogP) is -1.00. The van der Waals surface area contributed by atoms with Gasteiger partial charge in [-0.25, -0.2) is 0 Å². The van der Waals surface area contributed by atoms with Gasteiger partial charge in [-0.1, -0.05) is 0 Å². The number of hydrogen-bond acceptors (Lipinski definition) is 3. The van der Waals surface area contributed by atoms with E-state index in [1.807, 2.05) is 0 Å². The molecule has 0 fully saturated rings. The van der Waals surface area contributed by atoms with Gasteiger partial charge in [0.15, 0.2) is 0 Å². The summed E-state index contributed by atoms with van der Waals surface area (Å²) in [5, 5.41) is 18.7. The first-order valence-electron chi connectivity index (χ1n) is 2.26. The van der Waals surface area contributed by atoms with Gasteiger partial charge in [0, 0.05) is 0 Å². The Morgan fingerprint density at radius 3 is 2.50 bits per heavy atom. The second-order valence-corrected chi connectivity index (χ2v) is 1.45. The number of carboxylic acid groups (broad SMARTS) is 1. The van der Waals surface area contributed by atoms with Crippen molar-refractivity contribution >= 4 is 5.97 Å². The van der Waals surface area contributed by atoms with Crippen molar-refractivity contribution in [2.24, 2.45) is 0 Å². The molecule has 0 aromatic carbocycles. The van der Waals surface area contributed by atoms with Gasteiger partial charge >= 0.3 is 5.97 Å². The van der Waals surface area contributed by atoms with Crippen LogP contribution in [0.15, 0.2) is 0 Å². The zero-order valence-electron chi connectivity index (χ0n) is 4.59. The molecule has 0 aromatic rings. The third kappa shape index (κ3) is 5.39. The Balaban J connectivity index is 3.05. The summed E-state index contributed by atoms with van der Waals surface area (Å²) in [6.45, 7) is 1.26. The molecule has 0 saturated carbocycles. The summed E-state index contributed by atoms with van der Waals surface area (Å²) < 4.78 is 0. The average Bonchev–Trinajstić information content (AvgIpc) is 1.61. The minimum Gasteiger partial charge on any atom is -0.480 e. The van der Waals surface area contributed by atoms with Crippen molar-refractivity contribution in [1.29, 1.82) is 0 Å². The molecule has 4 heteroatoms. The fourth-order valence-corrected chi connectivity index (χ4v) is 0.235. The summed E-state index contributed by atoms with van der Waals surface area (Å²) >= 11 is 0. The van der Waals surface area contributed by atoms with Crippen LogP contribution in [0.25, 0.3) is 0 Å². The smallest absolute Gasteiger partial charge is 0.317 e. The molecule has 0 bridgehead atoms. The Kier molecular flexibility index (Phi) is 3.14. The predicted molar refractivity (Wildman–Crippen MR) is 27.3 cm³/mol. The molecule has 0 saturated heterocycles. The molecule has 0 aliphatic heterocycles. The van der Waals surface area contributed by atoms with Crippen LogP contribution in [0.1, 0.15) is 6.92 Å². The van der Waals surface area contributed by atoms with Gasteiger partial charge < -0.3 is 10.2 Å². The van der Waals surface area contributed by atoms with Gasteiger partial charge in [0.2, 0.25) is 0 Å². The standard InChI is InChI=1S/C4H9NO3/c1-3(6)5-2-4(7)8/h3,5-6H,2H2,1H3,(H,7,8). The first kappa shape index (κ1) is 7.39. The number of carbonyl (C=O) groups is 1. The van der Waals surface area contributed by atoms with Crippen molar-refractivity contribution < 1.29 is 15.0 Å². The SMILES string of the molecule is CC(O)NCC(=O)O. The van der Waals surface area contributed by atoms with Crippen molar-refractivity contribution in [3.63, 3.8) is 0 Å². The van der Waals surface area contributed by atoms with E-state index < -0.39 is 12.2 Å². The molecule has 8 heavy (non-hydrogen) atoms. The lowest BCUT2D eigenvalue weighted by Gasteiger charge is -2.01. The number of nitrogens with one attached hydrogen (secondary N) is 1. The number of carboxylic acids is 1. The minimum atomic E-state index is -0.967. The molecular formula is C4H9NO3. The number of aliphatic hydroxyl groups is 1.